The number of hydrogen-bond donors (Lipinski definition) is 0. The number of rotatable bonds is 9. The van der Waals surface area contributed by atoms with Gasteiger partial charge in [0.15, 0.2) is 9.84 Å². The van der Waals surface area contributed by atoms with Gasteiger partial charge in [-0.15, -0.1) is 10.2 Å². The molecule has 1 aromatic carbocycles. The van der Waals surface area contributed by atoms with Crippen LogP contribution >= 0.6 is 11.8 Å². The van der Waals surface area contributed by atoms with E-state index in [4.69, 9.17) is 9.15 Å². The number of hydrogen-bond acceptors (Lipinski definition) is 9. The molecule has 1 aromatic heterocycles. The van der Waals surface area contributed by atoms with E-state index in [0.717, 1.165) is 4.31 Å². The van der Waals surface area contributed by atoms with Crippen molar-refractivity contribution < 1.29 is 26.0 Å². The SMILES string of the molecule is CN(C)S(=O)(=O)c1ccc(OCCSc2nnc(C[C@H]3CCS(=O)(=O)C3)o2)cc1. The molecule has 0 amide bonds. The third kappa shape index (κ3) is 5.93. The molecule has 3 rings (SSSR count). The standard InChI is InChI=1S/C17H23N3O6S3/c1-20(2)29(23,24)15-5-3-14(4-6-15)25-8-9-27-17-19-18-16(26-17)11-13-7-10-28(21,22)12-13/h3-6,13H,7-12H2,1-2H3/t13-/m1/s1. The van der Waals surface area contributed by atoms with Crippen LogP contribution in [0, 0.1) is 5.92 Å². The van der Waals surface area contributed by atoms with Crippen molar-refractivity contribution in [1.29, 1.82) is 0 Å². The third-order valence-electron chi connectivity index (χ3n) is 4.42. The fourth-order valence-corrected chi connectivity index (χ4v) is 6.22. The molecule has 29 heavy (non-hydrogen) atoms. The van der Waals surface area contributed by atoms with Crippen molar-refractivity contribution in [3.8, 4) is 5.75 Å². The highest BCUT2D eigenvalue weighted by Gasteiger charge is 2.29. The van der Waals surface area contributed by atoms with Gasteiger partial charge in [-0.05, 0) is 36.6 Å². The van der Waals surface area contributed by atoms with Gasteiger partial charge in [-0.25, -0.2) is 21.1 Å². The molecule has 0 unspecified atom stereocenters. The topological polar surface area (TPSA) is 120 Å². The first-order valence-electron chi connectivity index (χ1n) is 8.97. The maximum absolute atomic E-state index is 12.0. The van der Waals surface area contributed by atoms with Crippen molar-refractivity contribution in [2.75, 3.05) is 38.0 Å². The fourth-order valence-electron chi connectivity index (χ4n) is 2.87. The lowest BCUT2D eigenvalue weighted by atomic mass is 10.1. The molecule has 9 nitrogen and oxygen atoms in total. The minimum Gasteiger partial charge on any atom is -0.493 e. The second-order valence-electron chi connectivity index (χ2n) is 6.89. The van der Waals surface area contributed by atoms with E-state index in [1.165, 1.54) is 38.0 Å². The van der Waals surface area contributed by atoms with E-state index >= 15 is 0 Å². The molecule has 1 atom stereocenters. The normalized spacial score (nSPS) is 18.9. The minimum absolute atomic E-state index is 0.0425. The van der Waals surface area contributed by atoms with E-state index in [1.54, 1.807) is 12.1 Å². The van der Waals surface area contributed by atoms with Crippen LogP contribution in [0.15, 0.2) is 38.8 Å². The van der Waals surface area contributed by atoms with Gasteiger partial charge in [-0.1, -0.05) is 11.8 Å². The number of thioether (sulfide) groups is 1. The first-order valence-corrected chi connectivity index (χ1v) is 13.2. The molecular formula is C17H23N3O6S3. The van der Waals surface area contributed by atoms with Crippen molar-refractivity contribution in [3.05, 3.63) is 30.2 Å². The van der Waals surface area contributed by atoms with Crippen LogP contribution in [0.2, 0.25) is 0 Å². The Hall–Kier alpha value is -1.63. The van der Waals surface area contributed by atoms with E-state index in [0.29, 0.717) is 42.1 Å². The zero-order chi connectivity index (χ0) is 21.1. The summed E-state index contributed by atoms with van der Waals surface area (Å²) in [5.74, 6) is 2.04. The van der Waals surface area contributed by atoms with Gasteiger partial charge in [0.2, 0.25) is 15.9 Å². The van der Waals surface area contributed by atoms with Gasteiger partial charge in [0.1, 0.15) is 5.75 Å². The van der Waals surface area contributed by atoms with Gasteiger partial charge in [0, 0.05) is 26.3 Å². The first-order chi connectivity index (χ1) is 13.7. The average molecular weight is 462 g/mol. The zero-order valence-electron chi connectivity index (χ0n) is 16.1. The van der Waals surface area contributed by atoms with Crippen LogP contribution < -0.4 is 4.74 Å². The molecule has 1 saturated heterocycles. The van der Waals surface area contributed by atoms with Gasteiger partial charge < -0.3 is 9.15 Å². The summed E-state index contributed by atoms with van der Waals surface area (Å²) in [6.07, 6.45) is 1.11. The molecule has 1 fully saturated rings. The number of aromatic nitrogens is 2. The third-order valence-corrected chi connectivity index (χ3v) is 8.87. The van der Waals surface area contributed by atoms with Crippen molar-refractivity contribution in [2.45, 2.75) is 23.0 Å². The second-order valence-corrected chi connectivity index (χ2v) is 12.3. The molecule has 160 valence electrons. The summed E-state index contributed by atoms with van der Waals surface area (Å²) in [6, 6.07) is 6.24. The summed E-state index contributed by atoms with van der Waals surface area (Å²) in [6.45, 7) is 0.378. The molecule has 0 radical (unpaired) electrons. The Morgan fingerprint density at radius 2 is 1.97 bits per heavy atom. The Balaban J connectivity index is 1.42. The van der Waals surface area contributed by atoms with Crippen LogP contribution in [0.1, 0.15) is 12.3 Å². The van der Waals surface area contributed by atoms with Crippen LogP contribution in [-0.2, 0) is 26.3 Å². The van der Waals surface area contributed by atoms with Gasteiger partial charge >= 0.3 is 0 Å². The molecule has 0 N–H and O–H groups in total. The zero-order valence-corrected chi connectivity index (χ0v) is 18.6. The highest BCUT2D eigenvalue weighted by atomic mass is 32.2. The van der Waals surface area contributed by atoms with Crippen LogP contribution in [0.25, 0.3) is 0 Å². The molecule has 0 spiro atoms. The van der Waals surface area contributed by atoms with Crippen molar-refractivity contribution in [2.24, 2.45) is 5.92 Å². The molecule has 2 heterocycles. The van der Waals surface area contributed by atoms with Gasteiger partial charge in [-0.3, -0.25) is 0 Å². The fraction of sp³-hybridized carbons (Fsp3) is 0.529. The maximum atomic E-state index is 12.0. The van der Waals surface area contributed by atoms with Crippen LogP contribution in [0.3, 0.4) is 0 Å². The van der Waals surface area contributed by atoms with Gasteiger partial charge in [0.05, 0.1) is 23.0 Å². The average Bonchev–Trinajstić information content (AvgIpc) is 3.25. The lowest BCUT2D eigenvalue weighted by Crippen LogP contribution is -2.22. The summed E-state index contributed by atoms with van der Waals surface area (Å²) in [5, 5.41) is 8.36. The molecule has 0 saturated carbocycles. The van der Waals surface area contributed by atoms with E-state index in [9.17, 15) is 16.8 Å². The lowest BCUT2D eigenvalue weighted by Gasteiger charge is -2.11. The molecule has 1 aliphatic rings. The molecular weight excluding hydrogens is 438 g/mol. The predicted octanol–water partition coefficient (Wildman–Crippen LogP) is 1.47. The monoisotopic (exact) mass is 461 g/mol. The van der Waals surface area contributed by atoms with E-state index in [2.05, 4.69) is 10.2 Å². The van der Waals surface area contributed by atoms with E-state index in [1.807, 2.05) is 0 Å². The van der Waals surface area contributed by atoms with Crippen molar-refractivity contribution >= 4 is 31.6 Å². The van der Waals surface area contributed by atoms with Crippen LogP contribution in [-0.4, -0.2) is 69.3 Å². The Labute approximate surface area is 174 Å². The van der Waals surface area contributed by atoms with Gasteiger partial charge in [-0.2, -0.15) is 0 Å². The van der Waals surface area contributed by atoms with Crippen molar-refractivity contribution in [1.82, 2.24) is 14.5 Å². The Morgan fingerprint density at radius 1 is 1.24 bits per heavy atom. The Morgan fingerprint density at radius 3 is 2.59 bits per heavy atom. The minimum atomic E-state index is -3.46. The van der Waals surface area contributed by atoms with E-state index in [-0.39, 0.29) is 22.3 Å². The Kier molecular flexibility index (Phi) is 6.87. The number of sulfonamides is 1. The number of benzene rings is 1. The highest BCUT2D eigenvalue weighted by Crippen LogP contribution is 2.24. The Bertz CT molecular complexity index is 1030. The van der Waals surface area contributed by atoms with Crippen LogP contribution in [0.5, 0.6) is 5.75 Å². The highest BCUT2D eigenvalue weighted by molar-refractivity contribution is 7.99. The molecule has 1 aliphatic heterocycles. The lowest BCUT2D eigenvalue weighted by molar-refractivity contribution is 0.342. The molecule has 0 aliphatic carbocycles. The molecule has 2 aromatic rings. The second kappa shape index (κ2) is 9.02. The molecule has 12 heteroatoms. The van der Waals surface area contributed by atoms with Crippen LogP contribution in [0.4, 0.5) is 0 Å². The summed E-state index contributed by atoms with van der Waals surface area (Å²) in [5.41, 5.74) is 0. The summed E-state index contributed by atoms with van der Waals surface area (Å²) in [4.78, 5) is 0.206. The number of ether oxygens (including phenoxy) is 1. The van der Waals surface area contributed by atoms with Gasteiger partial charge in [0.25, 0.3) is 5.22 Å². The summed E-state index contributed by atoms with van der Waals surface area (Å²) >= 11 is 1.34. The quantitative estimate of drug-likeness (QED) is 0.404. The smallest absolute Gasteiger partial charge is 0.276 e. The summed E-state index contributed by atoms with van der Waals surface area (Å²) < 4.78 is 59.4. The molecule has 0 bridgehead atoms. The number of sulfone groups is 1. The van der Waals surface area contributed by atoms with Crippen molar-refractivity contribution in [3.63, 3.8) is 0 Å². The first kappa shape index (κ1) is 22.1. The maximum Gasteiger partial charge on any atom is 0.276 e. The van der Waals surface area contributed by atoms with E-state index < -0.39 is 19.9 Å². The summed E-state index contributed by atoms with van der Waals surface area (Å²) in [7, 11) is -3.41. The largest absolute Gasteiger partial charge is 0.493 e. The predicted molar refractivity (Wildman–Crippen MR) is 108 cm³/mol. The number of nitrogens with zero attached hydrogens (tertiary/aromatic N) is 3.